The molecule has 0 unspecified atom stereocenters. The Balaban J connectivity index is 2.42. The number of hydrogen-bond acceptors (Lipinski definition) is 3. The van der Waals surface area contributed by atoms with Gasteiger partial charge in [-0.1, -0.05) is 99.0 Å². The maximum Gasteiger partial charge on any atom is 0.269 e. The molecule has 5 heteroatoms. The lowest BCUT2D eigenvalue weighted by Crippen LogP contribution is -2.49. The Labute approximate surface area is 196 Å². The summed E-state index contributed by atoms with van der Waals surface area (Å²) in [6.45, 7) is 6.09. The summed E-state index contributed by atoms with van der Waals surface area (Å²) in [5, 5.41) is 12.3. The lowest BCUT2D eigenvalue weighted by atomic mass is 9.75. The zero-order valence-corrected chi connectivity index (χ0v) is 19.6. The Bertz CT molecular complexity index is 961. The van der Waals surface area contributed by atoms with Gasteiger partial charge in [-0.3, -0.25) is 15.0 Å². The third-order valence-corrected chi connectivity index (χ3v) is 6.30. The van der Waals surface area contributed by atoms with E-state index in [1.807, 2.05) is 36.4 Å². The Hall–Kier alpha value is -2.69. The number of benzene rings is 3. The van der Waals surface area contributed by atoms with E-state index in [4.69, 9.17) is 11.6 Å². The summed E-state index contributed by atoms with van der Waals surface area (Å²) < 4.78 is 0. The molecule has 0 N–H and O–H groups in total. The summed E-state index contributed by atoms with van der Waals surface area (Å²) in [6, 6.07) is 25.3. The van der Waals surface area contributed by atoms with Crippen molar-refractivity contribution in [2.24, 2.45) is 0 Å². The molecule has 0 bridgehead atoms. The second-order valence-electron chi connectivity index (χ2n) is 8.06. The van der Waals surface area contributed by atoms with Gasteiger partial charge in [0, 0.05) is 22.7 Å². The highest BCUT2D eigenvalue weighted by atomic mass is 35.5. The Morgan fingerprint density at radius 2 is 1.34 bits per heavy atom. The van der Waals surface area contributed by atoms with Crippen molar-refractivity contribution < 1.29 is 4.92 Å². The van der Waals surface area contributed by atoms with Crippen LogP contribution in [0.15, 0.2) is 78.9 Å². The van der Waals surface area contributed by atoms with Gasteiger partial charge in [0.05, 0.1) is 10.5 Å². The van der Waals surface area contributed by atoms with Crippen LogP contribution in [0.4, 0.5) is 5.69 Å². The van der Waals surface area contributed by atoms with Gasteiger partial charge in [0.2, 0.25) is 0 Å². The van der Waals surface area contributed by atoms with Crippen LogP contribution >= 0.6 is 11.6 Å². The molecule has 0 saturated carbocycles. The molecule has 32 heavy (non-hydrogen) atoms. The van der Waals surface area contributed by atoms with E-state index in [0.717, 1.165) is 55.5 Å². The quantitative estimate of drug-likeness (QED) is 0.173. The highest BCUT2D eigenvalue weighted by Gasteiger charge is 2.43. The molecule has 168 valence electrons. The maximum atomic E-state index is 11.7. The van der Waals surface area contributed by atoms with Crippen LogP contribution < -0.4 is 0 Å². The summed E-state index contributed by atoms with van der Waals surface area (Å²) in [5.74, 6) is 0. The van der Waals surface area contributed by atoms with Crippen LogP contribution in [0.2, 0.25) is 5.02 Å². The predicted octanol–water partition coefficient (Wildman–Crippen LogP) is 7.44. The molecule has 0 radical (unpaired) electrons. The molecule has 0 aromatic heterocycles. The fraction of sp³-hybridized carbons (Fsp3) is 0.333. The van der Waals surface area contributed by atoms with Gasteiger partial charge in [-0.05, 0) is 43.1 Å². The molecule has 3 aromatic carbocycles. The smallest absolute Gasteiger partial charge is 0.269 e. The minimum atomic E-state index is -0.740. The highest BCUT2D eigenvalue weighted by Crippen LogP contribution is 2.46. The first-order chi connectivity index (χ1) is 15.6. The molecule has 0 spiro atoms. The van der Waals surface area contributed by atoms with Gasteiger partial charge in [0.15, 0.2) is 0 Å². The molecular formula is C27H31ClN2O2. The van der Waals surface area contributed by atoms with E-state index in [0.29, 0.717) is 5.02 Å². The second kappa shape index (κ2) is 11.3. The van der Waals surface area contributed by atoms with Crippen molar-refractivity contribution in [3.63, 3.8) is 0 Å². The topological polar surface area (TPSA) is 46.4 Å². The lowest BCUT2D eigenvalue weighted by molar-refractivity contribution is -0.385. The average molecular weight is 451 g/mol. The summed E-state index contributed by atoms with van der Waals surface area (Å²) in [6.07, 6.45) is 4.17. The molecule has 0 fully saturated rings. The number of rotatable bonds is 11. The average Bonchev–Trinajstić information content (AvgIpc) is 2.83. The molecule has 0 saturated heterocycles. The van der Waals surface area contributed by atoms with Gasteiger partial charge >= 0.3 is 0 Å². The van der Waals surface area contributed by atoms with E-state index >= 15 is 0 Å². The fourth-order valence-corrected chi connectivity index (χ4v) is 4.68. The number of nitro benzene ring substituents is 1. The minimum Gasteiger partial charge on any atom is -0.286 e. The van der Waals surface area contributed by atoms with Crippen LogP contribution in [0.25, 0.3) is 0 Å². The van der Waals surface area contributed by atoms with Crippen molar-refractivity contribution in [3.05, 3.63) is 111 Å². The number of nitrogens with zero attached hydrogens (tertiary/aromatic N) is 2. The zero-order valence-electron chi connectivity index (χ0n) is 18.8. The summed E-state index contributed by atoms with van der Waals surface area (Å²) >= 11 is 6.85. The molecule has 0 aliphatic rings. The van der Waals surface area contributed by atoms with Crippen molar-refractivity contribution >= 4 is 17.3 Å². The van der Waals surface area contributed by atoms with Crippen molar-refractivity contribution in [1.29, 1.82) is 0 Å². The van der Waals surface area contributed by atoms with Crippen LogP contribution in [0.3, 0.4) is 0 Å². The molecule has 3 aromatic rings. The Kier molecular flexibility index (Phi) is 8.43. The van der Waals surface area contributed by atoms with Crippen LogP contribution in [-0.4, -0.2) is 22.9 Å². The number of unbranched alkanes of at least 4 members (excludes halogenated alkanes) is 2. The first-order valence-electron chi connectivity index (χ1n) is 11.4. The van der Waals surface area contributed by atoms with Gasteiger partial charge in [-0.2, -0.15) is 0 Å². The number of non-ortho nitro benzene ring substituents is 1. The number of hydrogen-bond donors (Lipinski definition) is 0. The van der Waals surface area contributed by atoms with E-state index in [1.165, 1.54) is 6.07 Å². The Morgan fingerprint density at radius 1 is 0.844 bits per heavy atom. The molecular weight excluding hydrogens is 420 g/mol. The molecule has 0 heterocycles. The number of nitro groups is 1. The normalized spacial score (nSPS) is 11.6. The molecule has 4 nitrogen and oxygen atoms in total. The third kappa shape index (κ3) is 4.87. The molecule has 0 aliphatic heterocycles. The van der Waals surface area contributed by atoms with Crippen LogP contribution in [0.5, 0.6) is 0 Å². The second-order valence-corrected chi connectivity index (χ2v) is 8.47. The highest BCUT2D eigenvalue weighted by molar-refractivity contribution is 6.31. The fourth-order valence-electron chi connectivity index (χ4n) is 4.42. The van der Waals surface area contributed by atoms with Crippen LogP contribution in [0, 0.1) is 10.1 Å². The summed E-state index contributed by atoms with van der Waals surface area (Å²) in [7, 11) is 0. The SMILES string of the molecule is CCCCN(CCCC)C(c1ccccc1)(c1ccccc1)c1cc([N+](=O)[O-])ccc1Cl. The van der Waals surface area contributed by atoms with Gasteiger partial charge < -0.3 is 0 Å². The van der Waals surface area contributed by atoms with Crippen LogP contribution in [0.1, 0.15) is 56.2 Å². The summed E-state index contributed by atoms with van der Waals surface area (Å²) in [4.78, 5) is 13.9. The van der Waals surface area contributed by atoms with E-state index in [-0.39, 0.29) is 10.6 Å². The van der Waals surface area contributed by atoms with Gasteiger partial charge in [-0.25, -0.2) is 0 Å². The van der Waals surface area contributed by atoms with Crippen LogP contribution in [-0.2, 0) is 5.54 Å². The standard InChI is InChI=1S/C27H31ClN2O2/c1-3-5-19-29(20-6-4-2)27(22-13-9-7-10-14-22,23-15-11-8-12-16-23)25-21-24(30(31)32)17-18-26(25)28/h7-18,21H,3-6,19-20H2,1-2H3. The van der Waals surface area contributed by atoms with Crippen molar-refractivity contribution in [3.8, 4) is 0 Å². The molecule has 0 atom stereocenters. The van der Waals surface area contributed by atoms with E-state index < -0.39 is 5.54 Å². The first kappa shape index (κ1) is 24.0. The summed E-state index contributed by atoms with van der Waals surface area (Å²) in [5.41, 5.74) is 2.17. The first-order valence-corrected chi connectivity index (χ1v) is 11.7. The van der Waals surface area contributed by atoms with E-state index in [1.54, 1.807) is 12.1 Å². The van der Waals surface area contributed by atoms with E-state index in [9.17, 15) is 10.1 Å². The van der Waals surface area contributed by atoms with Crippen molar-refractivity contribution in [2.45, 2.75) is 45.1 Å². The number of halogens is 1. The van der Waals surface area contributed by atoms with Gasteiger partial charge in [0.1, 0.15) is 0 Å². The van der Waals surface area contributed by atoms with E-state index in [2.05, 4.69) is 43.0 Å². The monoisotopic (exact) mass is 450 g/mol. The van der Waals surface area contributed by atoms with Crippen molar-refractivity contribution in [1.82, 2.24) is 4.90 Å². The zero-order chi connectivity index (χ0) is 23.0. The largest absolute Gasteiger partial charge is 0.286 e. The molecule has 0 aliphatic carbocycles. The lowest BCUT2D eigenvalue weighted by Gasteiger charge is -2.46. The van der Waals surface area contributed by atoms with Gasteiger partial charge in [0.25, 0.3) is 5.69 Å². The maximum absolute atomic E-state index is 11.7. The molecule has 3 rings (SSSR count). The third-order valence-electron chi connectivity index (χ3n) is 5.97. The Morgan fingerprint density at radius 3 is 1.78 bits per heavy atom. The molecule has 0 amide bonds. The van der Waals surface area contributed by atoms with Crippen molar-refractivity contribution in [2.75, 3.05) is 13.1 Å². The minimum absolute atomic E-state index is 0.0478. The predicted molar refractivity (Wildman–Crippen MR) is 132 cm³/mol. The van der Waals surface area contributed by atoms with Gasteiger partial charge in [-0.15, -0.1) is 0 Å².